The molecule has 0 saturated carbocycles. The highest BCUT2D eigenvalue weighted by atomic mass is 32.1. The highest BCUT2D eigenvalue weighted by molar-refractivity contribution is 7.14. The van der Waals surface area contributed by atoms with E-state index >= 15 is 0 Å². The van der Waals surface area contributed by atoms with Gasteiger partial charge in [-0.25, -0.2) is 5.84 Å². The second-order valence-electron chi connectivity index (χ2n) is 5.14. The van der Waals surface area contributed by atoms with Crippen LogP contribution in [0.4, 0.5) is 0 Å². The Kier molecular flexibility index (Phi) is 5.54. The maximum Gasteiger partial charge on any atom is 0.275 e. The number of nitrogens with two attached hydrogens (primary N) is 1. The van der Waals surface area contributed by atoms with E-state index in [-0.39, 0.29) is 5.91 Å². The molecule has 112 valence electrons. The van der Waals surface area contributed by atoms with E-state index in [4.69, 9.17) is 5.84 Å². The van der Waals surface area contributed by atoms with Crippen LogP contribution in [0.2, 0.25) is 0 Å². The molecule has 0 aliphatic carbocycles. The van der Waals surface area contributed by atoms with Gasteiger partial charge in [0.1, 0.15) is 0 Å². The Balaban J connectivity index is 1.89. The molecule has 0 bridgehead atoms. The molecule has 1 fully saturated rings. The van der Waals surface area contributed by atoms with Crippen molar-refractivity contribution in [3.8, 4) is 0 Å². The second-order valence-corrected chi connectivity index (χ2v) is 6.31. The number of nitrogens with one attached hydrogen (secondary N) is 1. The third-order valence-corrected chi connectivity index (χ3v) is 5.04. The molecule has 0 radical (unpaired) electrons. The highest BCUT2D eigenvalue weighted by Gasteiger charge is 2.26. The first-order valence-corrected chi connectivity index (χ1v) is 8.05. The van der Waals surface area contributed by atoms with Crippen molar-refractivity contribution >= 4 is 17.2 Å². The zero-order chi connectivity index (χ0) is 14.5. The maximum absolute atomic E-state index is 11.4. The van der Waals surface area contributed by atoms with Crippen molar-refractivity contribution in [2.75, 3.05) is 26.2 Å². The number of likely N-dealkylation sites (tertiary alicyclic amines) is 1. The number of hydrogen-bond donors (Lipinski definition) is 2. The molecule has 2 rings (SSSR count). The molecule has 0 spiro atoms. The van der Waals surface area contributed by atoms with Gasteiger partial charge in [0.05, 0.1) is 4.88 Å². The number of thiophene rings is 1. The van der Waals surface area contributed by atoms with Crippen molar-refractivity contribution < 1.29 is 4.79 Å². The lowest BCUT2D eigenvalue weighted by molar-refractivity contribution is 0.0957. The van der Waals surface area contributed by atoms with Crippen LogP contribution < -0.4 is 11.3 Å². The van der Waals surface area contributed by atoms with Crippen molar-refractivity contribution in [3.05, 3.63) is 21.9 Å². The summed E-state index contributed by atoms with van der Waals surface area (Å²) < 4.78 is 0. The van der Waals surface area contributed by atoms with Crippen LogP contribution >= 0.6 is 11.3 Å². The average molecular weight is 296 g/mol. The lowest BCUT2D eigenvalue weighted by atomic mass is 10.2. The minimum Gasteiger partial charge on any atom is -0.300 e. The molecule has 2 heterocycles. The zero-order valence-corrected chi connectivity index (χ0v) is 13.1. The van der Waals surface area contributed by atoms with Gasteiger partial charge in [0, 0.05) is 30.6 Å². The summed E-state index contributed by atoms with van der Waals surface area (Å²) in [7, 11) is 0. The van der Waals surface area contributed by atoms with E-state index < -0.39 is 0 Å². The number of amides is 1. The first-order valence-electron chi connectivity index (χ1n) is 7.24. The third-order valence-electron chi connectivity index (χ3n) is 3.97. The molecule has 3 N–H and O–H groups in total. The van der Waals surface area contributed by atoms with Crippen LogP contribution in [-0.4, -0.2) is 47.9 Å². The number of carbonyl (C=O) groups excluding carboxylic acids is 1. The van der Waals surface area contributed by atoms with Crippen LogP contribution in [0.1, 0.15) is 34.8 Å². The second kappa shape index (κ2) is 7.17. The van der Waals surface area contributed by atoms with Crippen LogP contribution in [0.15, 0.2) is 12.1 Å². The van der Waals surface area contributed by atoms with E-state index in [1.54, 1.807) is 0 Å². The summed E-state index contributed by atoms with van der Waals surface area (Å²) in [6.07, 6.45) is 1.24. The summed E-state index contributed by atoms with van der Waals surface area (Å²) >= 11 is 1.53. The Hall–Kier alpha value is -0.950. The van der Waals surface area contributed by atoms with Gasteiger partial charge in [0.15, 0.2) is 0 Å². The van der Waals surface area contributed by atoms with Gasteiger partial charge in [-0.15, -0.1) is 11.3 Å². The van der Waals surface area contributed by atoms with E-state index in [0.29, 0.717) is 10.9 Å². The molecule has 1 saturated heterocycles. The number of rotatable bonds is 6. The van der Waals surface area contributed by atoms with Gasteiger partial charge >= 0.3 is 0 Å². The van der Waals surface area contributed by atoms with Crippen LogP contribution in [-0.2, 0) is 6.54 Å². The van der Waals surface area contributed by atoms with Crippen molar-refractivity contribution in [3.63, 3.8) is 0 Å². The number of nitrogen functional groups attached to an aromatic ring is 1. The molecule has 1 amide bonds. The van der Waals surface area contributed by atoms with Gasteiger partial charge in [-0.1, -0.05) is 13.8 Å². The van der Waals surface area contributed by atoms with Gasteiger partial charge in [-0.3, -0.25) is 20.0 Å². The first kappa shape index (κ1) is 15.4. The SMILES string of the molecule is CCN(CC)C1CCN(Cc2ccc(C(=O)NN)s2)C1. The summed E-state index contributed by atoms with van der Waals surface area (Å²) in [5.41, 5.74) is 2.18. The van der Waals surface area contributed by atoms with Crippen molar-refractivity contribution in [1.29, 1.82) is 0 Å². The quantitative estimate of drug-likeness (QED) is 0.471. The van der Waals surface area contributed by atoms with Crippen LogP contribution in [0.25, 0.3) is 0 Å². The smallest absolute Gasteiger partial charge is 0.275 e. The predicted octanol–water partition coefficient (Wildman–Crippen LogP) is 1.27. The lowest BCUT2D eigenvalue weighted by Crippen LogP contribution is -2.37. The molecule has 1 aromatic heterocycles. The largest absolute Gasteiger partial charge is 0.300 e. The summed E-state index contributed by atoms with van der Waals surface area (Å²) in [5.74, 6) is 4.95. The Morgan fingerprint density at radius 2 is 2.25 bits per heavy atom. The number of likely N-dealkylation sites (N-methyl/N-ethyl adjacent to an activating group) is 1. The normalized spacial score (nSPS) is 19.7. The Labute approximate surface area is 124 Å². The molecule has 1 unspecified atom stereocenters. The fourth-order valence-electron chi connectivity index (χ4n) is 2.87. The molecular formula is C14H24N4OS. The summed E-state index contributed by atoms with van der Waals surface area (Å²) in [4.78, 5) is 18.3. The third kappa shape index (κ3) is 3.58. The molecule has 6 heteroatoms. The Morgan fingerprint density at radius 1 is 1.50 bits per heavy atom. The highest BCUT2D eigenvalue weighted by Crippen LogP contribution is 2.22. The lowest BCUT2D eigenvalue weighted by Gasteiger charge is -2.26. The van der Waals surface area contributed by atoms with Gasteiger partial charge < -0.3 is 0 Å². The first-order chi connectivity index (χ1) is 9.67. The fraction of sp³-hybridized carbons (Fsp3) is 0.643. The monoisotopic (exact) mass is 296 g/mol. The van der Waals surface area contributed by atoms with Gasteiger partial charge in [-0.05, 0) is 31.6 Å². The minimum atomic E-state index is -0.205. The molecule has 5 nitrogen and oxygen atoms in total. The topological polar surface area (TPSA) is 61.6 Å². The standard InChI is InChI=1S/C14H24N4OS/c1-3-18(4-2)11-7-8-17(9-11)10-12-5-6-13(20-12)14(19)16-15/h5-6,11H,3-4,7-10,15H2,1-2H3,(H,16,19). The van der Waals surface area contributed by atoms with E-state index in [1.807, 2.05) is 12.1 Å². The zero-order valence-electron chi connectivity index (χ0n) is 12.3. The minimum absolute atomic E-state index is 0.205. The van der Waals surface area contributed by atoms with Crippen LogP contribution in [0.3, 0.4) is 0 Å². The van der Waals surface area contributed by atoms with Crippen LogP contribution in [0, 0.1) is 0 Å². The molecular weight excluding hydrogens is 272 g/mol. The summed E-state index contributed by atoms with van der Waals surface area (Å²) in [6, 6.07) is 4.55. The van der Waals surface area contributed by atoms with E-state index in [2.05, 4.69) is 29.1 Å². The van der Waals surface area contributed by atoms with E-state index in [1.165, 1.54) is 22.6 Å². The predicted molar refractivity (Wildman–Crippen MR) is 82.6 cm³/mol. The summed E-state index contributed by atoms with van der Waals surface area (Å²) in [6.45, 7) is 9.88. The van der Waals surface area contributed by atoms with E-state index in [9.17, 15) is 4.79 Å². The van der Waals surface area contributed by atoms with Crippen molar-refractivity contribution in [1.82, 2.24) is 15.2 Å². The number of hydrazine groups is 1. The molecule has 1 aromatic rings. The summed E-state index contributed by atoms with van der Waals surface area (Å²) in [5, 5.41) is 0. The van der Waals surface area contributed by atoms with E-state index in [0.717, 1.165) is 32.7 Å². The number of nitrogens with zero attached hydrogens (tertiary/aromatic N) is 2. The number of hydrogen-bond acceptors (Lipinski definition) is 5. The molecule has 1 aliphatic heterocycles. The molecule has 0 aromatic carbocycles. The molecule has 1 aliphatic rings. The molecule has 20 heavy (non-hydrogen) atoms. The van der Waals surface area contributed by atoms with Gasteiger partial charge in [-0.2, -0.15) is 0 Å². The maximum atomic E-state index is 11.4. The van der Waals surface area contributed by atoms with Gasteiger partial charge in [0.2, 0.25) is 0 Å². The number of carbonyl (C=O) groups is 1. The van der Waals surface area contributed by atoms with Crippen LogP contribution in [0.5, 0.6) is 0 Å². The Morgan fingerprint density at radius 3 is 2.90 bits per heavy atom. The van der Waals surface area contributed by atoms with Crippen molar-refractivity contribution in [2.45, 2.75) is 32.9 Å². The fourth-order valence-corrected chi connectivity index (χ4v) is 3.82. The Bertz CT molecular complexity index is 444. The molecule has 1 atom stereocenters. The van der Waals surface area contributed by atoms with Gasteiger partial charge in [0.25, 0.3) is 5.91 Å². The average Bonchev–Trinajstić information content (AvgIpc) is 3.10. The van der Waals surface area contributed by atoms with Crippen molar-refractivity contribution in [2.24, 2.45) is 5.84 Å².